The molecule has 0 saturated carbocycles. The van der Waals surface area contributed by atoms with Crippen molar-refractivity contribution in [3.8, 4) is 5.75 Å². The first-order chi connectivity index (χ1) is 15.0. The van der Waals surface area contributed by atoms with Crippen LogP contribution in [0, 0.1) is 6.92 Å². The number of hydrogen-bond acceptors (Lipinski definition) is 4. The summed E-state index contributed by atoms with van der Waals surface area (Å²) in [6.45, 7) is 4.53. The van der Waals surface area contributed by atoms with Crippen molar-refractivity contribution < 1.29 is 14.3 Å². The number of nitrogens with zero attached hydrogens (tertiary/aromatic N) is 1. The third kappa shape index (κ3) is 4.75. The van der Waals surface area contributed by atoms with Crippen LogP contribution in [0.1, 0.15) is 33.8 Å². The molecule has 1 saturated heterocycles. The van der Waals surface area contributed by atoms with Crippen molar-refractivity contribution in [2.75, 3.05) is 22.6 Å². The summed E-state index contributed by atoms with van der Waals surface area (Å²) in [6, 6.07) is 22.7. The van der Waals surface area contributed by atoms with Gasteiger partial charge in [0.05, 0.1) is 12.4 Å². The van der Waals surface area contributed by atoms with Crippen LogP contribution in [0.2, 0.25) is 0 Å². The summed E-state index contributed by atoms with van der Waals surface area (Å²) < 4.78 is 5.51. The Morgan fingerprint density at radius 3 is 2.55 bits per heavy atom. The standard InChI is InChI=1S/C25H24N2O3S/c1-3-30-22-13-11-21(12-14-22)27-23(28)16-31-25(27)19-5-4-6-20(15-19)26-24(29)18-9-7-17(2)8-10-18/h4-15,25H,3,16H2,1-2H3,(H,26,29)/t25-/m1/s1. The van der Waals surface area contributed by atoms with Gasteiger partial charge in [0.1, 0.15) is 11.1 Å². The van der Waals surface area contributed by atoms with E-state index in [0.717, 1.165) is 22.6 Å². The lowest BCUT2D eigenvalue weighted by Crippen LogP contribution is -2.27. The van der Waals surface area contributed by atoms with Crippen molar-refractivity contribution in [1.82, 2.24) is 0 Å². The molecule has 1 fully saturated rings. The van der Waals surface area contributed by atoms with E-state index in [1.165, 1.54) is 0 Å². The van der Waals surface area contributed by atoms with Crippen molar-refractivity contribution in [2.45, 2.75) is 19.2 Å². The highest BCUT2D eigenvalue weighted by molar-refractivity contribution is 8.00. The highest BCUT2D eigenvalue weighted by atomic mass is 32.2. The van der Waals surface area contributed by atoms with Gasteiger partial charge in [-0.2, -0.15) is 0 Å². The minimum atomic E-state index is -0.157. The van der Waals surface area contributed by atoms with Crippen LogP contribution >= 0.6 is 11.8 Å². The lowest BCUT2D eigenvalue weighted by Gasteiger charge is -2.25. The number of nitrogens with one attached hydrogen (secondary N) is 1. The predicted molar refractivity (Wildman–Crippen MR) is 126 cm³/mol. The number of ether oxygens (including phenoxy) is 1. The number of carbonyl (C=O) groups is 2. The van der Waals surface area contributed by atoms with E-state index >= 15 is 0 Å². The Kier molecular flexibility index (Phi) is 6.28. The second-order valence-electron chi connectivity index (χ2n) is 7.30. The van der Waals surface area contributed by atoms with Crippen LogP contribution in [0.25, 0.3) is 0 Å². The van der Waals surface area contributed by atoms with Gasteiger partial charge in [0.2, 0.25) is 5.91 Å². The third-order valence-corrected chi connectivity index (χ3v) is 6.25. The van der Waals surface area contributed by atoms with Crippen molar-refractivity contribution in [1.29, 1.82) is 0 Å². The maximum atomic E-state index is 12.6. The Labute approximate surface area is 186 Å². The lowest BCUT2D eigenvalue weighted by molar-refractivity contribution is -0.115. The molecule has 3 aromatic rings. The van der Waals surface area contributed by atoms with E-state index in [2.05, 4.69) is 5.32 Å². The lowest BCUT2D eigenvalue weighted by atomic mass is 10.1. The zero-order valence-electron chi connectivity index (χ0n) is 17.5. The van der Waals surface area contributed by atoms with Crippen LogP contribution in [-0.4, -0.2) is 24.2 Å². The van der Waals surface area contributed by atoms with Gasteiger partial charge in [-0.25, -0.2) is 0 Å². The van der Waals surface area contributed by atoms with E-state index in [9.17, 15) is 9.59 Å². The van der Waals surface area contributed by atoms with E-state index in [1.54, 1.807) is 16.7 Å². The van der Waals surface area contributed by atoms with Crippen LogP contribution < -0.4 is 15.0 Å². The Morgan fingerprint density at radius 1 is 1.10 bits per heavy atom. The topological polar surface area (TPSA) is 58.6 Å². The monoisotopic (exact) mass is 432 g/mol. The van der Waals surface area contributed by atoms with Crippen LogP contribution in [0.15, 0.2) is 72.8 Å². The van der Waals surface area contributed by atoms with E-state index in [1.807, 2.05) is 86.6 Å². The molecule has 31 heavy (non-hydrogen) atoms. The van der Waals surface area contributed by atoms with Crippen LogP contribution in [-0.2, 0) is 4.79 Å². The fraction of sp³-hybridized carbons (Fsp3) is 0.200. The second kappa shape index (κ2) is 9.27. The van der Waals surface area contributed by atoms with Gasteiger partial charge in [-0.1, -0.05) is 29.8 Å². The molecule has 158 valence electrons. The first-order valence-corrected chi connectivity index (χ1v) is 11.2. The highest BCUT2D eigenvalue weighted by Gasteiger charge is 2.34. The molecule has 1 aliphatic heterocycles. The predicted octanol–water partition coefficient (Wildman–Crippen LogP) is 5.42. The Morgan fingerprint density at radius 2 is 1.84 bits per heavy atom. The fourth-order valence-corrected chi connectivity index (χ4v) is 4.66. The molecule has 1 N–H and O–H groups in total. The molecule has 0 radical (unpaired) electrons. The molecule has 1 heterocycles. The SMILES string of the molecule is CCOc1ccc(N2C(=O)CS[C@@H]2c2cccc(NC(=O)c3ccc(C)cc3)c2)cc1. The molecule has 1 aliphatic rings. The molecule has 0 aliphatic carbocycles. The molecule has 0 aromatic heterocycles. The maximum absolute atomic E-state index is 12.6. The van der Waals surface area contributed by atoms with Gasteiger partial charge < -0.3 is 10.1 Å². The van der Waals surface area contributed by atoms with E-state index < -0.39 is 0 Å². The van der Waals surface area contributed by atoms with Crippen molar-refractivity contribution in [3.05, 3.63) is 89.5 Å². The minimum absolute atomic E-state index is 0.0632. The smallest absolute Gasteiger partial charge is 0.255 e. The first kappa shape index (κ1) is 21.0. The maximum Gasteiger partial charge on any atom is 0.255 e. The van der Waals surface area contributed by atoms with Crippen LogP contribution in [0.5, 0.6) is 5.75 Å². The summed E-state index contributed by atoms with van der Waals surface area (Å²) in [5.74, 6) is 1.10. The summed E-state index contributed by atoms with van der Waals surface area (Å²) in [5, 5.41) is 2.81. The number of thioether (sulfide) groups is 1. The molecule has 0 bridgehead atoms. The van der Waals surface area contributed by atoms with Crippen LogP contribution in [0.3, 0.4) is 0 Å². The van der Waals surface area contributed by atoms with Gasteiger partial charge in [0, 0.05) is 16.9 Å². The molecule has 2 amide bonds. The van der Waals surface area contributed by atoms with Crippen molar-refractivity contribution in [2.24, 2.45) is 0 Å². The summed E-state index contributed by atoms with van der Waals surface area (Å²) >= 11 is 1.58. The summed E-state index contributed by atoms with van der Waals surface area (Å²) in [7, 11) is 0. The molecule has 0 unspecified atom stereocenters. The molecule has 1 atom stereocenters. The van der Waals surface area contributed by atoms with E-state index in [0.29, 0.717) is 23.6 Å². The summed E-state index contributed by atoms with van der Waals surface area (Å²) in [4.78, 5) is 27.0. The fourth-order valence-electron chi connectivity index (χ4n) is 3.50. The zero-order chi connectivity index (χ0) is 21.8. The number of amides is 2. The molecule has 6 heteroatoms. The van der Waals surface area contributed by atoms with Gasteiger partial charge in [-0.3, -0.25) is 14.5 Å². The van der Waals surface area contributed by atoms with Gasteiger partial charge >= 0.3 is 0 Å². The average Bonchev–Trinajstić information content (AvgIpc) is 3.16. The molecule has 4 rings (SSSR count). The largest absolute Gasteiger partial charge is 0.494 e. The number of carbonyl (C=O) groups excluding carboxylic acids is 2. The number of aryl methyl sites for hydroxylation is 1. The molecular formula is C25H24N2O3S. The Hall–Kier alpha value is -3.25. The molecule has 5 nitrogen and oxygen atoms in total. The van der Waals surface area contributed by atoms with Crippen molar-refractivity contribution >= 4 is 35.0 Å². The average molecular weight is 433 g/mol. The van der Waals surface area contributed by atoms with Gasteiger partial charge in [0.15, 0.2) is 0 Å². The number of benzene rings is 3. The first-order valence-electron chi connectivity index (χ1n) is 10.2. The van der Waals surface area contributed by atoms with Gasteiger partial charge in [-0.15, -0.1) is 11.8 Å². The van der Waals surface area contributed by atoms with Crippen LogP contribution in [0.4, 0.5) is 11.4 Å². The van der Waals surface area contributed by atoms with Crippen molar-refractivity contribution in [3.63, 3.8) is 0 Å². The van der Waals surface area contributed by atoms with Gasteiger partial charge in [-0.05, 0) is 67.9 Å². The molecular weight excluding hydrogens is 408 g/mol. The number of anilines is 2. The Bertz CT molecular complexity index is 1080. The van der Waals surface area contributed by atoms with Gasteiger partial charge in [0.25, 0.3) is 5.91 Å². The quantitative estimate of drug-likeness (QED) is 0.565. The molecule has 0 spiro atoms. The third-order valence-electron chi connectivity index (χ3n) is 5.04. The zero-order valence-corrected chi connectivity index (χ0v) is 18.3. The highest BCUT2D eigenvalue weighted by Crippen LogP contribution is 2.42. The summed E-state index contributed by atoms with van der Waals surface area (Å²) in [5.41, 5.74) is 4.21. The summed E-state index contributed by atoms with van der Waals surface area (Å²) in [6.07, 6.45) is 0. The van der Waals surface area contributed by atoms with E-state index in [-0.39, 0.29) is 17.2 Å². The minimum Gasteiger partial charge on any atom is -0.494 e. The number of hydrogen-bond donors (Lipinski definition) is 1. The second-order valence-corrected chi connectivity index (χ2v) is 8.37. The Balaban J connectivity index is 1.55. The molecule has 3 aromatic carbocycles. The van der Waals surface area contributed by atoms with E-state index in [4.69, 9.17) is 4.74 Å². The normalized spacial score (nSPS) is 15.7. The number of rotatable bonds is 6.